The zero-order chi connectivity index (χ0) is 15.1. The Labute approximate surface area is 123 Å². The van der Waals surface area contributed by atoms with E-state index in [-0.39, 0.29) is 11.8 Å². The summed E-state index contributed by atoms with van der Waals surface area (Å²) < 4.78 is 0. The van der Waals surface area contributed by atoms with Crippen LogP contribution in [0.4, 0.5) is 0 Å². The summed E-state index contributed by atoms with van der Waals surface area (Å²) in [4.78, 5) is 24.1. The van der Waals surface area contributed by atoms with Gasteiger partial charge in [0.25, 0.3) is 11.8 Å². The Morgan fingerprint density at radius 2 is 1.48 bits per heavy atom. The van der Waals surface area contributed by atoms with Gasteiger partial charge in [-0.3, -0.25) is 9.59 Å². The van der Waals surface area contributed by atoms with Crippen molar-refractivity contribution in [1.82, 2.24) is 10.6 Å². The van der Waals surface area contributed by atoms with E-state index in [4.69, 9.17) is 0 Å². The number of rotatable bonds is 5. The first-order valence-electron chi connectivity index (χ1n) is 6.55. The molecular formula is C17H16N2O2. The fourth-order valence-electron chi connectivity index (χ4n) is 1.92. The third-order valence-corrected chi connectivity index (χ3v) is 2.95. The highest BCUT2D eigenvalue weighted by Crippen LogP contribution is 2.09. The minimum atomic E-state index is -0.351. The van der Waals surface area contributed by atoms with Gasteiger partial charge in [-0.15, -0.1) is 0 Å². The van der Waals surface area contributed by atoms with E-state index in [0.717, 1.165) is 5.56 Å². The van der Waals surface area contributed by atoms with Crippen molar-refractivity contribution in [2.45, 2.75) is 6.54 Å². The molecule has 0 aliphatic heterocycles. The van der Waals surface area contributed by atoms with Crippen LogP contribution < -0.4 is 10.6 Å². The van der Waals surface area contributed by atoms with Crippen LogP contribution >= 0.6 is 0 Å². The first kappa shape index (κ1) is 14.5. The largest absolute Gasteiger partial charge is 0.348 e. The minimum absolute atomic E-state index is 0.284. The lowest BCUT2D eigenvalue weighted by atomic mass is 10.1. The molecule has 2 aromatic carbocycles. The van der Waals surface area contributed by atoms with Crippen molar-refractivity contribution in [3.8, 4) is 0 Å². The number of hydrogen-bond acceptors (Lipinski definition) is 2. The maximum atomic E-state index is 12.2. The van der Waals surface area contributed by atoms with Crippen molar-refractivity contribution in [3.05, 3.63) is 84.1 Å². The molecule has 2 amide bonds. The molecule has 0 spiro atoms. The zero-order valence-electron chi connectivity index (χ0n) is 11.5. The van der Waals surface area contributed by atoms with E-state index in [1.807, 2.05) is 30.3 Å². The van der Waals surface area contributed by atoms with Crippen LogP contribution in [0.2, 0.25) is 0 Å². The average Bonchev–Trinajstić information content (AvgIpc) is 2.54. The maximum absolute atomic E-state index is 12.2. The molecule has 106 valence electrons. The van der Waals surface area contributed by atoms with Gasteiger partial charge in [-0.2, -0.15) is 0 Å². The summed E-state index contributed by atoms with van der Waals surface area (Å²) in [5.74, 6) is -0.635. The summed E-state index contributed by atoms with van der Waals surface area (Å²) in [6.07, 6.45) is 1.29. The second-order valence-electron chi connectivity index (χ2n) is 4.39. The topological polar surface area (TPSA) is 58.2 Å². The normalized spacial score (nSPS) is 9.71. The van der Waals surface area contributed by atoms with E-state index in [9.17, 15) is 9.59 Å². The van der Waals surface area contributed by atoms with Gasteiger partial charge in [0.1, 0.15) is 0 Å². The van der Waals surface area contributed by atoms with Gasteiger partial charge in [0.05, 0.1) is 11.1 Å². The van der Waals surface area contributed by atoms with Crippen molar-refractivity contribution >= 4 is 11.8 Å². The number of hydrogen-bond donors (Lipinski definition) is 2. The number of carbonyl (C=O) groups is 2. The van der Waals surface area contributed by atoms with Crippen LogP contribution in [0.1, 0.15) is 26.3 Å². The lowest BCUT2D eigenvalue weighted by molar-refractivity contribution is 0.0925. The summed E-state index contributed by atoms with van der Waals surface area (Å²) in [5, 5.41) is 5.28. The van der Waals surface area contributed by atoms with Crippen molar-refractivity contribution < 1.29 is 9.59 Å². The Morgan fingerprint density at radius 1 is 0.905 bits per heavy atom. The molecule has 0 aromatic heterocycles. The second kappa shape index (κ2) is 7.05. The van der Waals surface area contributed by atoms with Gasteiger partial charge in [-0.05, 0) is 23.9 Å². The van der Waals surface area contributed by atoms with Crippen LogP contribution in [-0.2, 0) is 6.54 Å². The third-order valence-electron chi connectivity index (χ3n) is 2.95. The standard InChI is InChI=1S/C17H16N2O2/c1-2-18-16(20)14-10-6-7-11-15(14)17(21)19-12-13-8-4-3-5-9-13/h2-11H,1,12H2,(H,18,20)(H,19,21). The molecule has 2 rings (SSSR count). The second-order valence-corrected chi connectivity index (χ2v) is 4.39. The van der Waals surface area contributed by atoms with E-state index < -0.39 is 0 Å². The van der Waals surface area contributed by atoms with Gasteiger partial charge in [-0.25, -0.2) is 0 Å². The van der Waals surface area contributed by atoms with E-state index in [1.165, 1.54) is 6.20 Å². The fourth-order valence-corrected chi connectivity index (χ4v) is 1.92. The lowest BCUT2D eigenvalue weighted by Gasteiger charge is -2.09. The van der Waals surface area contributed by atoms with Crippen molar-refractivity contribution in [3.63, 3.8) is 0 Å². The molecule has 0 atom stereocenters. The monoisotopic (exact) mass is 280 g/mol. The van der Waals surface area contributed by atoms with Gasteiger partial charge in [0, 0.05) is 6.54 Å². The van der Waals surface area contributed by atoms with Crippen LogP contribution in [0.5, 0.6) is 0 Å². The molecule has 0 saturated heterocycles. The summed E-state index contributed by atoms with van der Waals surface area (Å²) in [7, 11) is 0. The van der Waals surface area contributed by atoms with Crippen molar-refractivity contribution in [2.75, 3.05) is 0 Å². The molecule has 0 aliphatic carbocycles. The summed E-state index contributed by atoms with van der Waals surface area (Å²) in [6, 6.07) is 16.3. The zero-order valence-corrected chi connectivity index (χ0v) is 11.5. The minimum Gasteiger partial charge on any atom is -0.348 e. The highest BCUT2D eigenvalue weighted by atomic mass is 16.2. The molecule has 0 saturated carbocycles. The van der Waals surface area contributed by atoms with Gasteiger partial charge in [0.2, 0.25) is 0 Å². The smallest absolute Gasteiger partial charge is 0.255 e. The van der Waals surface area contributed by atoms with Gasteiger partial charge < -0.3 is 10.6 Å². The van der Waals surface area contributed by atoms with E-state index in [0.29, 0.717) is 17.7 Å². The first-order valence-corrected chi connectivity index (χ1v) is 6.55. The molecule has 0 bridgehead atoms. The van der Waals surface area contributed by atoms with Crippen LogP contribution in [-0.4, -0.2) is 11.8 Å². The molecule has 0 heterocycles. The quantitative estimate of drug-likeness (QED) is 0.884. The predicted octanol–water partition coefficient (Wildman–Crippen LogP) is 2.49. The summed E-state index contributed by atoms with van der Waals surface area (Å²) in [6.45, 7) is 3.86. The maximum Gasteiger partial charge on any atom is 0.255 e. The molecule has 0 aliphatic rings. The van der Waals surface area contributed by atoms with Crippen LogP contribution in [0.15, 0.2) is 67.4 Å². The Morgan fingerprint density at radius 3 is 2.10 bits per heavy atom. The summed E-state index contributed by atoms with van der Waals surface area (Å²) >= 11 is 0. The number of nitrogens with one attached hydrogen (secondary N) is 2. The SMILES string of the molecule is C=CNC(=O)c1ccccc1C(=O)NCc1ccccc1. The van der Waals surface area contributed by atoms with Crippen LogP contribution in [0, 0.1) is 0 Å². The summed E-state index contributed by atoms with van der Waals surface area (Å²) in [5.41, 5.74) is 1.66. The van der Waals surface area contributed by atoms with Gasteiger partial charge in [-0.1, -0.05) is 49.0 Å². The Hall–Kier alpha value is -2.88. The Kier molecular flexibility index (Phi) is 4.88. The Balaban J connectivity index is 2.12. The van der Waals surface area contributed by atoms with E-state index in [2.05, 4.69) is 17.2 Å². The number of benzene rings is 2. The molecule has 21 heavy (non-hydrogen) atoms. The van der Waals surface area contributed by atoms with Crippen LogP contribution in [0.25, 0.3) is 0 Å². The van der Waals surface area contributed by atoms with E-state index >= 15 is 0 Å². The number of carbonyl (C=O) groups excluding carboxylic acids is 2. The molecule has 4 heteroatoms. The Bertz CT molecular complexity index is 651. The highest BCUT2D eigenvalue weighted by Gasteiger charge is 2.15. The van der Waals surface area contributed by atoms with Crippen LogP contribution in [0.3, 0.4) is 0 Å². The van der Waals surface area contributed by atoms with E-state index in [1.54, 1.807) is 24.3 Å². The van der Waals surface area contributed by atoms with Crippen molar-refractivity contribution in [2.24, 2.45) is 0 Å². The number of amides is 2. The lowest BCUT2D eigenvalue weighted by Crippen LogP contribution is -2.27. The molecule has 4 nitrogen and oxygen atoms in total. The molecular weight excluding hydrogens is 264 g/mol. The predicted molar refractivity (Wildman–Crippen MR) is 81.7 cm³/mol. The third kappa shape index (κ3) is 3.79. The fraction of sp³-hybridized carbons (Fsp3) is 0.0588. The average molecular weight is 280 g/mol. The molecule has 0 fully saturated rings. The molecule has 0 unspecified atom stereocenters. The first-order chi connectivity index (χ1) is 10.2. The molecule has 0 radical (unpaired) electrons. The van der Waals surface area contributed by atoms with Gasteiger partial charge >= 0.3 is 0 Å². The van der Waals surface area contributed by atoms with Crippen molar-refractivity contribution in [1.29, 1.82) is 0 Å². The molecule has 2 N–H and O–H groups in total. The highest BCUT2D eigenvalue weighted by molar-refractivity contribution is 6.07. The molecule has 2 aromatic rings. The van der Waals surface area contributed by atoms with Gasteiger partial charge in [0.15, 0.2) is 0 Å².